The van der Waals surface area contributed by atoms with Gasteiger partial charge in [0.05, 0.1) is 24.9 Å². The van der Waals surface area contributed by atoms with Crippen LogP contribution >= 0.6 is 0 Å². The molecule has 9 nitrogen and oxygen atoms in total. The van der Waals surface area contributed by atoms with Crippen molar-refractivity contribution in [2.45, 2.75) is 38.3 Å². The van der Waals surface area contributed by atoms with Gasteiger partial charge in [-0.15, -0.1) is 5.10 Å². The molecule has 144 valence electrons. The Hall–Kier alpha value is -2.68. The molecular formula is C18H23N5O4. The van der Waals surface area contributed by atoms with Gasteiger partial charge in [-0.25, -0.2) is 4.68 Å². The highest BCUT2D eigenvalue weighted by Crippen LogP contribution is 2.47. The van der Waals surface area contributed by atoms with Crippen LogP contribution < -0.4 is 5.32 Å². The minimum Gasteiger partial charge on any atom is -0.456 e. The molecule has 4 rings (SSSR count). The number of carbonyl (C=O) groups excluding carboxylic acids is 2. The van der Waals surface area contributed by atoms with Crippen molar-refractivity contribution < 1.29 is 19.1 Å². The maximum absolute atomic E-state index is 12.6. The van der Waals surface area contributed by atoms with E-state index in [1.807, 2.05) is 13.0 Å². The van der Waals surface area contributed by atoms with E-state index in [1.165, 1.54) is 10.9 Å². The van der Waals surface area contributed by atoms with Crippen molar-refractivity contribution in [3.05, 3.63) is 35.5 Å². The third-order valence-corrected chi connectivity index (χ3v) is 5.20. The summed E-state index contributed by atoms with van der Waals surface area (Å²) in [6.45, 7) is 5.06. The smallest absolute Gasteiger partial charge is 0.289 e. The van der Waals surface area contributed by atoms with Crippen LogP contribution in [-0.2, 0) is 6.54 Å². The molecule has 2 aromatic rings. The Balaban J connectivity index is 1.32. The van der Waals surface area contributed by atoms with Crippen LogP contribution in [0.2, 0.25) is 0 Å². The van der Waals surface area contributed by atoms with Gasteiger partial charge in [0.1, 0.15) is 5.76 Å². The summed E-state index contributed by atoms with van der Waals surface area (Å²) in [5, 5.41) is 19.4. The SMILES string of the molecule is CC1CC1c1ccc(C(=O)N2CC(C)(NC(=O)c3cn(CCO)nn3)C2)o1. The Morgan fingerprint density at radius 3 is 2.81 bits per heavy atom. The Morgan fingerprint density at radius 2 is 2.15 bits per heavy atom. The molecule has 0 spiro atoms. The van der Waals surface area contributed by atoms with Crippen LogP contribution in [0.3, 0.4) is 0 Å². The van der Waals surface area contributed by atoms with Gasteiger partial charge in [-0.1, -0.05) is 12.1 Å². The van der Waals surface area contributed by atoms with Gasteiger partial charge in [0, 0.05) is 19.0 Å². The summed E-state index contributed by atoms with van der Waals surface area (Å²) >= 11 is 0. The second kappa shape index (κ2) is 6.49. The van der Waals surface area contributed by atoms with Crippen LogP contribution in [0.15, 0.2) is 22.7 Å². The summed E-state index contributed by atoms with van der Waals surface area (Å²) in [6.07, 6.45) is 2.59. The van der Waals surface area contributed by atoms with Gasteiger partial charge in [0.2, 0.25) is 0 Å². The number of likely N-dealkylation sites (tertiary alicyclic amines) is 1. The van der Waals surface area contributed by atoms with Gasteiger partial charge in [-0.2, -0.15) is 0 Å². The second-order valence-corrected chi connectivity index (χ2v) is 7.79. The zero-order valence-corrected chi connectivity index (χ0v) is 15.4. The largest absolute Gasteiger partial charge is 0.456 e. The summed E-state index contributed by atoms with van der Waals surface area (Å²) in [5.74, 6) is 1.79. The number of aliphatic hydroxyl groups is 1. The van der Waals surface area contributed by atoms with E-state index < -0.39 is 5.54 Å². The minimum absolute atomic E-state index is 0.0760. The summed E-state index contributed by atoms with van der Waals surface area (Å²) < 4.78 is 7.13. The molecule has 2 atom stereocenters. The topological polar surface area (TPSA) is 113 Å². The standard InChI is InChI=1S/C18H23N5O4/c1-11-7-12(11)14-3-4-15(27-14)17(26)22-9-18(2,10-22)19-16(25)13-8-23(5-6-24)21-20-13/h3-4,8,11-12,24H,5-7,9-10H2,1-2H3,(H,19,25). The van der Waals surface area contributed by atoms with E-state index in [0.29, 0.717) is 30.7 Å². The Labute approximate surface area is 156 Å². The van der Waals surface area contributed by atoms with Crippen LogP contribution in [0.5, 0.6) is 0 Å². The lowest BCUT2D eigenvalue weighted by Gasteiger charge is -2.47. The summed E-state index contributed by atoms with van der Waals surface area (Å²) in [7, 11) is 0. The van der Waals surface area contributed by atoms with Crippen molar-refractivity contribution in [1.29, 1.82) is 0 Å². The molecule has 9 heteroatoms. The van der Waals surface area contributed by atoms with Crippen LogP contribution in [0, 0.1) is 5.92 Å². The predicted molar refractivity (Wildman–Crippen MR) is 94.1 cm³/mol. The average Bonchev–Trinajstić information content (AvgIpc) is 3.04. The molecule has 2 aromatic heterocycles. The third-order valence-electron chi connectivity index (χ3n) is 5.20. The van der Waals surface area contributed by atoms with Gasteiger partial charge in [-0.05, 0) is 31.4 Å². The molecule has 1 aliphatic heterocycles. The third kappa shape index (κ3) is 3.46. The van der Waals surface area contributed by atoms with Crippen molar-refractivity contribution in [2.75, 3.05) is 19.7 Å². The number of hydrogen-bond acceptors (Lipinski definition) is 6. The number of carbonyl (C=O) groups is 2. The zero-order valence-electron chi connectivity index (χ0n) is 15.4. The van der Waals surface area contributed by atoms with E-state index >= 15 is 0 Å². The molecule has 2 unspecified atom stereocenters. The number of rotatable bonds is 6. The number of aromatic nitrogens is 3. The van der Waals surface area contributed by atoms with Crippen LogP contribution in [-0.4, -0.2) is 62.0 Å². The predicted octanol–water partition coefficient (Wildman–Crippen LogP) is 0.631. The molecule has 2 fully saturated rings. The first-order chi connectivity index (χ1) is 12.9. The zero-order chi connectivity index (χ0) is 19.2. The summed E-state index contributed by atoms with van der Waals surface area (Å²) in [6, 6.07) is 3.62. The van der Waals surface area contributed by atoms with E-state index in [4.69, 9.17) is 9.52 Å². The van der Waals surface area contributed by atoms with Crippen molar-refractivity contribution in [3.63, 3.8) is 0 Å². The van der Waals surface area contributed by atoms with Crippen molar-refractivity contribution >= 4 is 11.8 Å². The van der Waals surface area contributed by atoms with Crippen molar-refractivity contribution in [3.8, 4) is 0 Å². The lowest BCUT2D eigenvalue weighted by Crippen LogP contribution is -2.69. The number of amides is 2. The van der Waals surface area contributed by atoms with Crippen LogP contribution in [0.4, 0.5) is 0 Å². The maximum Gasteiger partial charge on any atom is 0.289 e. The Morgan fingerprint density at radius 1 is 1.41 bits per heavy atom. The van der Waals surface area contributed by atoms with E-state index in [9.17, 15) is 9.59 Å². The summed E-state index contributed by atoms with van der Waals surface area (Å²) in [5.41, 5.74) is -0.336. The van der Waals surface area contributed by atoms with Crippen molar-refractivity contribution in [1.82, 2.24) is 25.2 Å². The van der Waals surface area contributed by atoms with E-state index in [-0.39, 0.29) is 30.7 Å². The molecular weight excluding hydrogens is 350 g/mol. The van der Waals surface area contributed by atoms with Gasteiger partial charge in [0.25, 0.3) is 11.8 Å². The summed E-state index contributed by atoms with van der Waals surface area (Å²) in [4.78, 5) is 26.5. The first-order valence-corrected chi connectivity index (χ1v) is 9.11. The van der Waals surface area contributed by atoms with Crippen LogP contribution in [0.25, 0.3) is 0 Å². The molecule has 2 amide bonds. The van der Waals surface area contributed by atoms with Gasteiger partial charge in [-0.3, -0.25) is 9.59 Å². The minimum atomic E-state index is -0.520. The number of nitrogens with zero attached hydrogens (tertiary/aromatic N) is 4. The molecule has 0 bridgehead atoms. The molecule has 27 heavy (non-hydrogen) atoms. The van der Waals surface area contributed by atoms with Gasteiger partial charge >= 0.3 is 0 Å². The average molecular weight is 373 g/mol. The highest BCUT2D eigenvalue weighted by molar-refractivity contribution is 5.94. The van der Waals surface area contributed by atoms with Gasteiger partial charge in [0.15, 0.2) is 11.5 Å². The highest BCUT2D eigenvalue weighted by atomic mass is 16.4. The van der Waals surface area contributed by atoms with E-state index in [1.54, 1.807) is 11.0 Å². The lowest BCUT2D eigenvalue weighted by atomic mass is 9.91. The molecule has 1 aliphatic carbocycles. The molecule has 3 heterocycles. The fourth-order valence-corrected chi connectivity index (χ4v) is 3.51. The fraction of sp³-hybridized carbons (Fsp3) is 0.556. The first kappa shape index (κ1) is 17.7. The molecule has 0 radical (unpaired) electrons. The number of nitrogens with one attached hydrogen (secondary N) is 1. The quantitative estimate of drug-likeness (QED) is 0.768. The Kier molecular flexibility index (Phi) is 4.26. The monoisotopic (exact) mass is 373 g/mol. The maximum atomic E-state index is 12.6. The van der Waals surface area contributed by atoms with E-state index in [2.05, 4.69) is 22.6 Å². The molecule has 0 aromatic carbocycles. The van der Waals surface area contributed by atoms with E-state index in [0.717, 1.165) is 12.2 Å². The molecule has 1 saturated heterocycles. The van der Waals surface area contributed by atoms with Crippen molar-refractivity contribution in [2.24, 2.45) is 5.92 Å². The fourth-order valence-electron chi connectivity index (χ4n) is 3.51. The second-order valence-electron chi connectivity index (χ2n) is 7.79. The molecule has 2 aliphatic rings. The lowest BCUT2D eigenvalue weighted by molar-refractivity contribution is 0.0303. The number of furan rings is 1. The normalized spacial score (nSPS) is 23.0. The number of hydrogen-bond donors (Lipinski definition) is 2. The van der Waals surface area contributed by atoms with Gasteiger partial charge < -0.3 is 19.7 Å². The molecule has 1 saturated carbocycles. The Bertz CT molecular complexity index is 867. The first-order valence-electron chi connectivity index (χ1n) is 9.11. The highest BCUT2D eigenvalue weighted by Gasteiger charge is 2.44. The number of aliphatic hydroxyl groups excluding tert-OH is 1. The molecule has 2 N–H and O–H groups in total. The van der Waals surface area contributed by atoms with Crippen LogP contribution in [0.1, 0.15) is 53.0 Å².